The third kappa shape index (κ3) is 4.62. The van der Waals surface area contributed by atoms with E-state index in [-0.39, 0.29) is 16.4 Å². The Labute approximate surface area is 191 Å². The van der Waals surface area contributed by atoms with E-state index < -0.39 is 10.0 Å². The lowest BCUT2D eigenvalue weighted by molar-refractivity contribution is 0.173. The highest BCUT2D eigenvalue weighted by molar-refractivity contribution is 7.94. The first kappa shape index (κ1) is 22.2. The van der Waals surface area contributed by atoms with Crippen molar-refractivity contribution in [3.63, 3.8) is 0 Å². The van der Waals surface area contributed by atoms with Crippen molar-refractivity contribution in [2.45, 2.75) is 43.0 Å². The molecule has 0 amide bonds. The molecule has 0 spiro atoms. The van der Waals surface area contributed by atoms with Gasteiger partial charge in [0.05, 0.1) is 12.8 Å². The Kier molecular flexibility index (Phi) is 6.35. The van der Waals surface area contributed by atoms with Crippen LogP contribution >= 0.6 is 22.9 Å². The molecule has 2 N–H and O–H groups in total. The molecule has 4 rings (SSSR count). The lowest BCUT2D eigenvalue weighted by Crippen LogP contribution is -2.36. The third-order valence-electron chi connectivity index (χ3n) is 5.49. The van der Waals surface area contributed by atoms with E-state index in [4.69, 9.17) is 21.1 Å². The Morgan fingerprint density at radius 2 is 2.03 bits per heavy atom. The Bertz CT molecular complexity index is 1200. The molecule has 31 heavy (non-hydrogen) atoms. The van der Waals surface area contributed by atoms with Gasteiger partial charge in [0.25, 0.3) is 10.0 Å². The van der Waals surface area contributed by atoms with Gasteiger partial charge in [0.2, 0.25) is 0 Å². The second kappa shape index (κ2) is 8.86. The first-order valence-electron chi connectivity index (χ1n) is 10.1. The summed E-state index contributed by atoms with van der Waals surface area (Å²) in [7, 11) is -2.22. The molecule has 0 saturated carbocycles. The maximum atomic E-state index is 13.2. The van der Waals surface area contributed by atoms with Crippen LogP contribution in [0.4, 0.5) is 5.69 Å². The second-order valence-electron chi connectivity index (χ2n) is 7.65. The van der Waals surface area contributed by atoms with Gasteiger partial charge < -0.3 is 14.8 Å². The zero-order valence-corrected chi connectivity index (χ0v) is 20.0. The fraction of sp³-hybridized carbons (Fsp3) is 0.364. The van der Waals surface area contributed by atoms with Crippen molar-refractivity contribution in [2.24, 2.45) is 0 Å². The molecular weight excluding hydrogens is 456 g/mol. The van der Waals surface area contributed by atoms with Crippen molar-refractivity contribution in [1.82, 2.24) is 5.32 Å². The number of nitrogens with one attached hydrogen (secondary N) is 2. The van der Waals surface area contributed by atoms with Crippen LogP contribution in [0, 0.1) is 6.92 Å². The monoisotopic (exact) mass is 480 g/mol. The largest absolute Gasteiger partial charge is 0.493 e. The van der Waals surface area contributed by atoms with Crippen molar-refractivity contribution >= 4 is 48.7 Å². The minimum absolute atomic E-state index is 0.0714. The summed E-state index contributed by atoms with van der Waals surface area (Å²) in [4.78, 5) is 0. The van der Waals surface area contributed by atoms with Gasteiger partial charge in [-0.2, -0.15) is 0 Å². The highest BCUT2D eigenvalue weighted by Crippen LogP contribution is 2.37. The summed E-state index contributed by atoms with van der Waals surface area (Å²) in [5.41, 5.74) is 1.10. The molecule has 9 heteroatoms. The fourth-order valence-corrected chi connectivity index (χ4v) is 6.82. The van der Waals surface area contributed by atoms with Crippen LogP contribution in [0.15, 0.2) is 40.6 Å². The maximum Gasteiger partial charge on any atom is 0.271 e. The molecule has 1 fully saturated rings. The van der Waals surface area contributed by atoms with Crippen LogP contribution in [0.5, 0.6) is 11.5 Å². The van der Waals surface area contributed by atoms with E-state index in [9.17, 15) is 8.42 Å². The van der Waals surface area contributed by atoms with Gasteiger partial charge in [0, 0.05) is 21.8 Å². The van der Waals surface area contributed by atoms with Crippen molar-refractivity contribution in [2.75, 3.05) is 18.4 Å². The van der Waals surface area contributed by atoms with E-state index in [1.54, 1.807) is 44.4 Å². The van der Waals surface area contributed by atoms with Crippen molar-refractivity contribution in [3.05, 3.63) is 47.0 Å². The van der Waals surface area contributed by atoms with E-state index in [1.807, 2.05) is 13.0 Å². The molecule has 3 aromatic rings. The molecule has 1 unspecified atom stereocenters. The SMILES string of the molecule is COc1ccc(NS(=O)(=O)c2sc3ccc(Cl)cc3c2C)cc1O[C@@H](C)C1CCCN1. The van der Waals surface area contributed by atoms with Crippen molar-refractivity contribution in [1.29, 1.82) is 0 Å². The first-order chi connectivity index (χ1) is 14.8. The van der Waals surface area contributed by atoms with Crippen LogP contribution in [0.25, 0.3) is 10.1 Å². The second-order valence-corrected chi connectivity index (χ2v) is 11.0. The van der Waals surface area contributed by atoms with Gasteiger partial charge in [-0.3, -0.25) is 4.72 Å². The van der Waals surface area contributed by atoms with Crippen LogP contribution < -0.4 is 19.5 Å². The van der Waals surface area contributed by atoms with Crippen LogP contribution in [0.3, 0.4) is 0 Å². The number of sulfonamides is 1. The van der Waals surface area contributed by atoms with Crippen molar-refractivity contribution in [3.8, 4) is 11.5 Å². The van der Waals surface area contributed by atoms with E-state index >= 15 is 0 Å². The summed E-state index contributed by atoms with van der Waals surface area (Å²) < 4.78 is 41.7. The summed E-state index contributed by atoms with van der Waals surface area (Å²) in [6.07, 6.45) is 2.10. The van der Waals surface area contributed by atoms with E-state index in [0.29, 0.717) is 27.8 Å². The lowest BCUT2D eigenvalue weighted by Gasteiger charge is -2.22. The first-order valence-corrected chi connectivity index (χ1v) is 12.8. The van der Waals surface area contributed by atoms with Crippen molar-refractivity contribution < 1.29 is 17.9 Å². The van der Waals surface area contributed by atoms with Gasteiger partial charge in [-0.25, -0.2) is 8.42 Å². The zero-order valence-electron chi connectivity index (χ0n) is 17.6. The Morgan fingerprint density at radius 1 is 1.23 bits per heavy atom. The molecule has 1 aliphatic rings. The molecule has 166 valence electrons. The molecule has 0 bridgehead atoms. The maximum absolute atomic E-state index is 13.2. The van der Waals surface area contributed by atoms with Crippen LogP contribution in [-0.2, 0) is 10.0 Å². The fourth-order valence-electron chi connectivity index (χ4n) is 3.86. The number of ether oxygens (including phenoxy) is 2. The zero-order chi connectivity index (χ0) is 22.2. The van der Waals surface area contributed by atoms with Crippen LogP contribution in [0.1, 0.15) is 25.3 Å². The van der Waals surface area contributed by atoms with Gasteiger partial charge in [0.15, 0.2) is 11.5 Å². The Morgan fingerprint density at radius 3 is 2.74 bits per heavy atom. The predicted octanol–water partition coefficient (Wildman–Crippen LogP) is 5.19. The minimum Gasteiger partial charge on any atom is -0.493 e. The number of hydrogen-bond donors (Lipinski definition) is 2. The van der Waals surface area contributed by atoms with E-state index in [2.05, 4.69) is 10.0 Å². The lowest BCUT2D eigenvalue weighted by atomic mass is 10.1. The Hall–Kier alpha value is -2.00. The highest BCUT2D eigenvalue weighted by atomic mass is 35.5. The summed E-state index contributed by atoms with van der Waals surface area (Å²) in [6.45, 7) is 4.78. The number of methoxy groups -OCH3 is 1. The normalized spacial score (nSPS) is 17.6. The molecule has 0 aliphatic carbocycles. The van der Waals surface area contributed by atoms with Gasteiger partial charge >= 0.3 is 0 Å². The van der Waals surface area contributed by atoms with E-state index in [1.165, 1.54) is 11.3 Å². The molecule has 2 heterocycles. The smallest absolute Gasteiger partial charge is 0.271 e. The summed E-state index contributed by atoms with van der Waals surface area (Å²) in [5.74, 6) is 1.06. The highest BCUT2D eigenvalue weighted by Gasteiger charge is 2.25. The molecule has 6 nitrogen and oxygen atoms in total. The average Bonchev–Trinajstić information content (AvgIpc) is 3.37. The number of thiophene rings is 1. The number of rotatable bonds is 7. The summed E-state index contributed by atoms with van der Waals surface area (Å²) in [6, 6.07) is 10.7. The Balaban J connectivity index is 1.61. The number of hydrogen-bond acceptors (Lipinski definition) is 6. The minimum atomic E-state index is -3.78. The third-order valence-corrected chi connectivity index (χ3v) is 9.00. The number of fused-ring (bicyclic) bond motifs is 1. The average molecular weight is 481 g/mol. The molecule has 1 saturated heterocycles. The molecule has 2 atom stereocenters. The predicted molar refractivity (Wildman–Crippen MR) is 126 cm³/mol. The molecule has 1 aromatic heterocycles. The van der Waals surface area contributed by atoms with Gasteiger partial charge in [-0.05, 0) is 74.5 Å². The van der Waals surface area contributed by atoms with E-state index in [0.717, 1.165) is 29.5 Å². The number of halogens is 1. The summed E-state index contributed by atoms with van der Waals surface area (Å²) >= 11 is 7.31. The van der Waals surface area contributed by atoms with Crippen LogP contribution in [0.2, 0.25) is 5.02 Å². The number of anilines is 1. The molecule has 0 radical (unpaired) electrons. The number of aryl methyl sites for hydroxylation is 1. The molecule has 1 aliphatic heterocycles. The van der Waals surface area contributed by atoms with Crippen LogP contribution in [-0.4, -0.2) is 34.2 Å². The van der Waals surface area contributed by atoms with Gasteiger partial charge in [0.1, 0.15) is 10.3 Å². The van der Waals surface area contributed by atoms with Gasteiger partial charge in [-0.15, -0.1) is 11.3 Å². The molecule has 2 aromatic carbocycles. The van der Waals surface area contributed by atoms with Gasteiger partial charge in [-0.1, -0.05) is 11.6 Å². The number of benzene rings is 2. The summed E-state index contributed by atoms with van der Waals surface area (Å²) in [5, 5.41) is 4.85. The topological polar surface area (TPSA) is 76.7 Å². The quantitative estimate of drug-likeness (QED) is 0.486. The molecular formula is C22H25ClN2O4S2. The standard InChI is InChI=1S/C22H25ClN2O4S2/c1-13-17-11-15(23)6-9-21(17)30-22(13)31(26,27)25-16-7-8-19(28-3)20(12-16)29-14(2)18-5-4-10-24-18/h6-9,11-12,14,18,24-25H,4-5,10H2,1-3H3/t14-,18?/m0/s1.